The normalized spacial score (nSPS) is 13.2. The number of aromatic nitrogens is 1. The van der Waals surface area contributed by atoms with Gasteiger partial charge in [-0.3, -0.25) is 28.9 Å². The van der Waals surface area contributed by atoms with E-state index < -0.39 is 55.0 Å². The van der Waals surface area contributed by atoms with Crippen molar-refractivity contribution in [1.29, 1.82) is 0 Å². The van der Waals surface area contributed by atoms with Crippen molar-refractivity contribution in [3.05, 3.63) is 95.8 Å². The molecular formula is C48H66F2N6O9SSi. The molecule has 0 bridgehead atoms. The summed E-state index contributed by atoms with van der Waals surface area (Å²) in [5, 5.41) is 8.21. The lowest BCUT2D eigenvalue weighted by atomic mass is 9.83. The van der Waals surface area contributed by atoms with Gasteiger partial charge in [0, 0.05) is 88.1 Å². The number of amides is 6. The Balaban J connectivity index is 1.32. The van der Waals surface area contributed by atoms with Gasteiger partial charge in [-0.05, 0) is 47.7 Å². The first-order valence-electron chi connectivity index (χ1n) is 22.5. The van der Waals surface area contributed by atoms with Gasteiger partial charge in [-0.15, -0.1) is 0 Å². The first-order chi connectivity index (χ1) is 31.8. The fraction of sp³-hybridized carbons (Fsp3) is 0.500. The lowest BCUT2D eigenvalue weighted by Crippen LogP contribution is -2.44. The molecular weight excluding hydrogens is 903 g/mol. The molecule has 15 nitrogen and oxygen atoms in total. The van der Waals surface area contributed by atoms with Crippen molar-refractivity contribution >= 4 is 55.5 Å². The summed E-state index contributed by atoms with van der Waals surface area (Å²) in [6.45, 7) is 15.0. The third-order valence-corrected chi connectivity index (χ3v) is 13.1. The number of nitrogens with one attached hydrogen (secondary N) is 3. The molecule has 0 spiro atoms. The van der Waals surface area contributed by atoms with E-state index in [1.807, 2.05) is 61.7 Å². The molecule has 2 heterocycles. The highest BCUT2D eigenvalue weighted by Gasteiger charge is 2.37. The van der Waals surface area contributed by atoms with E-state index in [4.69, 9.17) is 14.2 Å². The van der Waals surface area contributed by atoms with Crippen molar-refractivity contribution < 1.29 is 51.8 Å². The Morgan fingerprint density at radius 2 is 1.48 bits per heavy atom. The van der Waals surface area contributed by atoms with E-state index in [0.717, 1.165) is 46.5 Å². The highest BCUT2D eigenvalue weighted by molar-refractivity contribution is 7.99. The molecule has 3 N–H and O–H groups in total. The molecule has 0 unspecified atom stereocenters. The van der Waals surface area contributed by atoms with Crippen LogP contribution in [0.15, 0.2) is 72.9 Å². The molecule has 1 atom stereocenters. The van der Waals surface area contributed by atoms with Crippen LogP contribution < -0.4 is 16.0 Å². The first kappa shape index (κ1) is 54.2. The summed E-state index contributed by atoms with van der Waals surface area (Å²) >= 11 is 1.33. The molecule has 0 radical (unpaired) electrons. The van der Waals surface area contributed by atoms with Crippen molar-refractivity contribution in [3.8, 4) is 11.1 Å². The van der Waals surface area contributed by atoms with E-state index in [2.05, 4.69) is 35.6 Å². The molecule has 366 valence electrons. The van der Waals surface area contributed by atoms with Crippen LogP contribution in [0.1, 0.15) is 50.9 Å². The quantitative estimate of drug-likeness (QED) is 0.0434. The van der Waals surface area contributed by atoms with Crippen LogP contribution in [0, 0.1) is 17.0 Å². The maximum absolute atomic E-state index is 15.3. The van der Waals surface area contributed by atoms with Crippen molar-refractivity contribution in [2.24, 2.45) is 5.41 Å². The maximum atomic E-state index is 15.3. The number of benzene rings is 2. The fourth-order valence-corrected chi connectivity index (χ4v) is 8.61. The summed E-state index contributed by atoms with van der Waals surface area (Å²) < 4.78 is 48.1. The second kappa shape index (κ2) is 26.8. The van der Waals surface area contributed by atoms with E-state index in [-0.39, 0.29) is 88.7 Å². The largest absolute Gasteiger partial charge is 0.450 e. The zero-order chi connectivity index (χ0) is 49.0. The van der Waals surface area contributed by atoms with Crippen molar-refractivity contribution in [1.82, 2.24) is 30.3 Å². The number of carbonyl (C=O) groups is 6. The Morgan fingerprint density at radius 1 is 0.821 bits per heavy atom. The number of thioether (sulfide) groups is 1. The molecule has 0 fully saturated rings. The average Bonchev–Trinajstić information content (AvgIpc) is 3.81. The van der Waals surface area contributed by atoms with Crippen LogP contribution in [0.3, 0.4) is 0 Å². The predicted molar refractivity (Wildman–Crippen MR) is 257 cm³/mol. The van der Waals surface area contributed by atoms with Gasteiger partial charge < -0.3 is 39.6 Å². The molecule has 1 aliphatic rings. The standard InChI is InChI=1S/C48H66F2N6O9SSi/c1-48(2,3)46(40-29-36(38-30-37(49)13-14-39(38)50)32-54(40)31-35-11-8-7-9-12-35)55(21-10-18-53-47(62)65-26-28-67(4,5)6)45(61)34-66-27-17-41(57)51-19-22-63-24-25-64-23-20-52-42(58)33-56-43(59)15-16-44(56)60/h7-9,11-16,29-30,32,46H,10,17-28,31,33-34H2,1-6H3,(H,51,57)(H,52,58)(H,53,62)/t46-/m0/s1. The van der Waals surface area contributed by atoms with Crippen LogP contribution in [0.4, 0.5) is 13.6 Å². The molecule has 19 heteroatoms. The minimum Gasteiger partial charge on any atom is -0.450 e. The highest BCUT2D eigenvalue weighted by atomic mass is 32.2. The van der Waals surface area contributed by atoms with Crippen LogP contribution >= 0.6 is 11.8 Å². The number of alkyl carbamates (subject to hydrolysis) is 1. The maximum Gasteiger partial charge on any atom is 0.407 e. The minimum absolute atomic E-state index is 0.0683. The summed E-state index contributed by atoms with van der Waals surface area (Å²) in [6.07, 6.45) is 4.09. The van der Waals surface area contributed by atoms with E-state index in [9.17, 15) is 33.2 Å². The number of imide groups is 1. The molecule has 67 heavy (non-hydrogen) atoms. The van der Waals surface area contributed by atoms with Crippen molar-refractivity contribution in [2.45, 2.75) is 71.9 Å². The third-order valence-electron chi connectivity index (χ3n) is 10.4. The Bertz CT molecular complexity index is 2140. The molecule has 0 saturated carbocycles. The second-order valence-corrected chi connectivity index (χ2v) is 25.0. The zero-order valence-electron chi connectivity index (χ0n) is 39.5. The van der Waals surface area contributed by atoms with Crippen LogP contribution in [0.2, 0.25) is 25.7 Å². The summed E-state index contributed by atoms with van der Waals surface area (Å²) in [5.74, 6) is -2.62. The lowest BCUT2D eigenvalue weighted by Gasteiger charge is -2.41. The molecule has 1 aliphatic heterocycles. The zero-order valence-corrected chi connectivity index (χ0v) is 41.3. The third kappa shape index (κ3) is 19.0. The summed E-state index contributed by atoms with van der Waals surface area (Å²) in [6, 6.07) is 15.2. The Kier molecular flexibility index (Phi) is 21.7. The number of ether oxygens (including phenoxy) is 3. The number of hydrogen-bond acceptors (Lipinski definition) is 10. The SMILES string of the molecule is CC(C)(C)[C@H](c1cc(-c2cc(F)ccc2F)cn1Cc1ccccc1)N(CCCNC(=O)OCC[Si](C)(C)C)C(=O)CSCCC(=O)NCCOCCOCCNC(=O)CN1C(=O)C=CC1=O. The van der Waals surface area contributed by atoms with E-state index >= 15 is 4.39 Å². The summed E-state index contributed by atoms with van der Waals surface area (Å²) in [4.78, 5) is 77.4. The number of halogens is 2. The van der Waals surface area contributed by atoms with Gasteiger partial charge in [0.15, 0.2) is 0 Å². The monoisotopic (exact) mass is 968 g/mol. The van der Waals surface area contributed by atoms with Gasteiger partial charge >= 0.3 is 6.09 Å². The number of carbonyl (C=O) groups excluding carboxylic acids is 6. The van der Waals surface area contributed by atoms with E-state index in [0.29, 0.717) is 30.9 Å². The minimum atomic E-state index is -1.40. The Hall–Kier alpha value is -5.37. The average molecular weight is 969 g/mol. The molecule has 0 saturated heterocycles. The molecule has 0 aliphatic carbocycles. The lowest BCUT2D eigenvalue weighted by molar-refractivity contribution is -0.141. The highest BCUT2D eigenvalue weighted by Crippen LogP contribution is 2.41. The Labute approximate surface area is 397 Å². The van der Waals surface area contributed by atoms with E-state index in [1.54, 1.807) is 11.1 Å². The van der Waals surface area contributed by atoms with Gasteiger partial charge in [0.2, 0.25) is 17.7 Å². The van der Waals surface area contributed by atoms with Gasteiger partial charge in [0.05, 0.1) is 44.8 Å². The number of rotatable bonds is 28. The van der Waals surface area contributed by atoms with Gasteiger partial charge in [0.25, 0.3) is 11.8 Å². The van der Waals surface area contributed by atoms with E-state index in [1.165, 1.54) is 17.8 Å². The van der Waals surface area contributed by atoms with Gasteiger partial charge in [0.1, 0.15) is 18.2 Å². The van der Waals surface area contributed by atoms with Crippen molar-refractivity contribution in [2.75, 3.05) is 77.3 Å². The van der Waals surface area contributed by atoms with Crippen LogP contribution in [0.5, 0.6) is 0 Å². The molecule has 6 amide bonds. The topological polar surface area (TPSA) is 178 Å². The molecule has 2 aromatic carbocycles. The Morgan fingerprint density at radius 3 is 2.12 bits per heavy atom. The molecule has 1 aromatic heterocycles. The van der Waals surface area contributed by atoms with Crippen molar-refractivity contribution in [3.63, 3.8) is 0 Å². The number of nitrogens with zero attached hydrogens (tertiary/aromatic N) is 3. The van der Waals surface area contributed by atoms with Gasteiger partial charge in [-0.2, -0.15) is 11.8 Å². The second-order valence-electron chi connectivity index (χ2n) is 18.3. The van der Waals surface area contributed by atoms with Gasteiger partial charge in [-0.25, -0.2) is 13.6 Å². The fourth-order valence-electron chi connectivity index (χ4n) is 7.08. The first-order valence-corrected chi connectivity index (χ1v) is 27.4. The number of hydrogen-bond donors (Lipinski definition) is 3. The smallest absolute Gasteiger partial charge is 0.407 e. The molecule has 3 aromatic rings. The van der Waals surface area contributed by atoms with Crippen LogP contribution in [0.25, 0.3) is 11.1 Å². The van der Waals surface area contributed by atoms with Crippen LogP contribution in [-0.4, -0.2) is 135 Å². The van der Waals surface area contributed by atoms with Crippen LogP contribution in [-0.2, 0) is 44.7 Å². The summed E-state index contributed by atoms with van der Waals surface area (Å²) in [5.41, 5.74) is 1.73. The summed E-state index contributed by atoms with van der Waals surface area (Å²) in [7, 11) is -1.40. The predicted octanol–water partition coefficient (Wildman–Crippen LogP) is 6.17. The van der Waals surface area contributed by atoms with Gasteiger partial charge in [-0.1, -0.05) is 70.7 Å². The molecule has 4 rings (SSSR count).